The molecule has 0 heterocycles. The van der Waals surface area contributed by atoms with Gasteiger partial charge in [0.25, 0.3) is 0 Å². The van der Waals surface area contributed by atoms with Crippen molar-refractivity contribution >= 4 is 5.91 Å². The van der Waals surface area contributed by atoms with E-state index in [1.54, 1.807) is 0 Å². The molecular formula is C11H22NO2. The molecule has 0 aromatic rings. The van der Waals surface area contributed by atoms with Gasteiger partial charge >= 0.3 is 0 Å². The molecule has 0 aromatic heterocycles. The lowest BCUT2D eigenvalue weighted by molar-refractivity contribution is -0.132. The Morgan fingerprint density at radius 1 is 1.07 bits per heavy atom. The largest absolute Gasteiger partial charge is 0.343 e. The van der Waals surface area contributed by atoms with E-state index in [-0.39, 0.29) is 18.9 Å². The van der Waals surface area contributed by atoms with Crippen molar-refractivity contribution in [2.45, 2.75) is 46.0 Å². The molecule has 3 nitrogen and oxygen atoms in total. The highest BCUT2D eigenvalue weighted by Crippen LogP contribution is 2.01. The fourth-order valence-electron chi connectivity index (χ4n) is 1.30. The van der Waals surface area contributed by atoms with Gasteiger partial charge in [-0.15, -0.1) is 0 Å². The Morgan fingerprint density at radius 3 is 1.93 bits per heavy atom. The molecule has 0 aliphatic heterocycles. The molecule has 0 N–H and O–H groups in total. The summed E-state index contributed by atoms with van der Waals surface area (Å²) >= 11 is 0. The van der Waals surface area contributed by atoms with Crippen molar-refractivity contribution in [2.24, 2.45) is 0 Å². The molecule has 1 amide bonds. The second-order valence-corrected chi connectivity index (χ2v) is 3.54. The van der Waals surface area contributed by atoms with Gasteiger partial charge in [0, 0.05) is 13.1 Å². The first-order valence-electron chi connectivity index (χ1n) is 5.62. The Kier molecular flexibility index (Phi) is 8.64. The van der Waals surface area contributed by atoms with Crippen LogP contribution in [-0.2, 0) is 9.90 Å². The van der Waals surface area contributed by atoms with Gasteiger partial charge in [-0.2, -0.15) is 0 Å². The number of nitrogens with zero attached hydrogens (tertiary/aromatic N) is 1. The third-order valence-electron chi connectivity index (χ3n) is 2.23. The van der Waals surface area contributed by atoms with Crippen LogP contribution in [0.2, 0.25) is 0 Å². The molecule has 1 radical (unpaired) electrons. The van der Waals surface area contributed by atoms with Crippen LogP contribution in [0.25, 0.3) is 0 Å². The highest BCUT2D eigenvalue weighted by atomic mass is 16.3. The van der Waals surface area contributed by atoms with E-state index in [9.17, 15) is 9.90 Å². The second-order valence-electron chi connectivity index (χ2n) is 3.54. The minimum absolute atomic E-state index is 0.0295. The molecule has 0 saturated carbocycles. The third kappa shape index (κ3) is 5.97. The summed E-state index contributed by atoms with van der Waals surface area (Å²) in [6, 6.07) is 0. The quantitative estimate of drug-likeness (QED) is 0.592. The lowest BCUT2D eigenvalue weighted by Gasteiger charge is -2.21. The number of amides is 1. The maximum absolute atomic E-state index is 11.5. The number of unbranched alkanes of at least 4 members (excludes halogenated alkanes) is 2. The lowest BCUT2D eigenvalue weighted by Crippen LogP contribution is -2.33. The van der Waals surface area contributed by atoms with Crippen LogP contribution in [-0.4, -0.2) is 30.5 Å². The van der Waals surface area contributed by atoms with E-state index in [2.05, 4.69) is 13.8 Å². The fraction of sp³-hybridized carbons (Fsp3) is 0.909. The van der Waals surface area contributed by atoms with E-state index < -0.39 is 0 Å². The molecule has 0 rings (SSSR count). The minimum Gasteiger partial charge on any atom is -0.343 e. The average molecular weight is 200 g/mol. The summed E-state index contributed by atoms with van der Waals surface area (Å²) in [6.07, 6.45) is 4.41. The van der Waals surface area contributed by atoms with Gasteiger partial charge in [0.15, 0.2) is 0 Å². The predicted octanol–water partition coefficient (Wildman–Crippen LogP) is 2.24. The van der Waals surface area contributed by atoms with Crippen molar-refractivity contribution in [2.75, 3.05) is 19.7 Å². The first-order valence-corrected chi connectivity index (χ1v) is 5.62. The number of rotatable bonds is 8. The summed E-state index contributed by atoms with van der Waals surface area (Å²) in [6.45, 7) is 5.56. The Labute approximate surface area is 87.1 Å². The molecule has 0 aliphatic rings. The smallest absolute Gasteiger partial charge is 0.225 e. The molecule has 0 unspecified atom stereocenters. The first kappa shape index (κ1) is 13.4. The zero-order chi connectivity index (χ0) is 10.8. The van der Waals surface area contributed by atoms with E-state index >= 15 is 0 Å². The van der Waals surface area contributed by atoms with Gasteiger partial charge in [-0.1, -0.05) is 26.7 Å². The minimum atomic E-state index is -0.284. The molecule has 0 aromatic carbocycles. The molecule has 14 heavy (non-hydrogen) atoms. The molecule has 0 spiro atoms. The highest BCUT2D eigenvalue weighted by Gasteiger charge is 2.11. The van der Waals surface area contributed by atoms with Crippen LogP contribution in [0.1, 0.15) is 46.0 Å². The van der Waals surface area contributed by atoms with Crippen LogP contribution >= 0.6 is 0 Å². The molecule has 0 bridgehead atoms. The molecular weight excluding hydrogens is 178 g/mol. The summed E-state index contributed by atoms with van der Waals surface area (Å²) < 4.78 is 0. The van der Waals surface area contributed by atoms with Crippen LogP contribution in [0.3, 0.4) is 0 Å². The molecule has 83 valence electrons. The van der Waals surface area contributed by atoms with E-state index in [0.29, 0.717) is 0 Å². The van der Waals surface area contributed by atoms with Crippen LogP contribution in [0.15, 0.2) is 0 Å². The number of carbonyl (C=O) groups is 1. The Balaban J connectivity index is 3.88. The average Bonchev–Trinajstić information content (AvgIpc) is 2.18. The SMILES string of the molecule is CCCCN(CCCC)C(=O)CC[O]. The monoisotopic (exact) mass is 200 g/mol. The highest BCUT2D eigenvalue weighted by molar-refractivity contribution is 5.76. The van der Waals surface area contributed by atoms with E-state index in [1.807, 2.05) is 4.90 Å². The fourth-order valence-corrected chi connectivity index (χ4v) is 1.30. The van der Waals surface area contributed by atoms with E-state index in [4.69, 9.17) is 0 Å². The van der Waals surface area contributed by atoms with E-state index in [1.165, 1.54) is 0 Å². The van der Waals surface area contributed by atoms with Gasteiger partial charge in [-0.25, -0.2) is 5.11 Å². The summed E-state index contributed by atoms with van der Waals surface area (Å²) in [5.41, 5.74) is 0. The first-order chi connectivity index (χ1) is 6.76. The second kappa shape index (κ2) is 9.00. The number of carbonyl (C=O) groups excluding carboxylic acids is 1. The zero-order valence-corrected chi connectivity index (χ0v) is 9.42. The molecule has 3 heteroatoms. The van der Waals surface area contributed by atoms with Crippen molar-refractivity contribution in [1.82, 2.24) is 4.90 Å². The normalized spacial score (nSPS) is 10.2. The van der Waals surface area contributed by atoms with Crippen molar-refractivity contribution < 1.29 is 9.90 Å². The predicted molar refractivity (Wildman–Crippen MR) is 56.6 cm³/mol. The summed E-state index contributed by atoms with van der Waals surface area (Å²) in [5.74, 6) is 0.0295. The van der Waals surface area contributed by atoms with Crippen LogP contribution < -0.4 is 0 Å². The summed E-state index contributed by atoms with van der Waals surface area (Å²) in [5, 5.41) is 10.3. The Morgan fingerprint density at radius 2 is 1.57 bits per heavy atom. The van der Waals surface area contributed by atoms with Crippen molar-refractivity contribution in [1.29, 1.82) is 0 Å². The zero-order valence-electron chi connectivity index (χ0n) is 9.42. The molecule has 0 aliphatic carbocycles. The van der Waals surface area contributed by atoms with Gasteiger partial charge in [0.1, 0.15) is 0 Å². The summed E-state index contributed by atoms with van der Waals surface area (Å²) in [4.78, 5) is 13.3. The van der Waals surface area contributed by atoms with Crippen molar-refractivity contribution in [3.8, 4) is 0 Å². The van der Waals surface area contributed by atoms with Gasteiger partial charge in [0.2, 0.25) is 5.91 Å². The summed E-state index contributed by atoms with van der Waals surface area (Å²) in [7, 11) is 0. The van der Waals surface area contributed by atoms with Gasteiger partial charge in [-0.3, -0.25) is 4.79 Å². The third-order valence-corrected chi connectivity index (χ3v) is 2.23. The molecule has 0 atom stereocenters. The van der Waals surface area contributed by atoms with Gasteiger partial charge < -0.3 is 4.90 Å². The lowest BCUT2D eigenvalue weighted by atomic mass is 10.2. The maximum atomic E-state index is 11.5. The topological polar surface area (TPSA) is 40.2 Å². The van der Waals surface area contributed by atoms with Crippen molar-refractivity contribution in [3.05, 3.63) is 0 Å². The molecule has 0 saturated heterocycles. The van der Waals surface area contributed by atoms with E-state index in [0.717, 1.165) is 38.8 Å². The standard InChI is InChI=1S/C11H22NO2/c1-3-5-8-12(9-6-4-2)11(14)7-10-13/h3-10H2,1-2H3. The Bertz CT molecular complexity index is 140. The van der Waals surface area contributed by atoms with Crippen molar-refractivity contribution in [3.63, 3.8) is 0 Å². The van der Waals surface area contributed by atoms with Gasteiger partial charge in [0.05, 0.1) is 13.0 Å². The van der Waals surface area contributed by atoms with Crippen LogP contribution in [0.4, 0.5) is 0 Å². The van der Waals surface area contributed by atoms with Gasteiger partial charge in [-0.05, 0) is 12.8 Å². The number of hydrogen-bond donors (Lipinski definition) is 0. The Hall–Kier alpha value is -0.570. The van der Waals surface area contributed by atoms with Crippen LogP contribution in [0, 0.1) is 0 Å². The maximum Gasteiger partial charge on any atom is 0.225 e. The van der Waals surface area contributed by atoms with Crippen LogP contribution in [0.5, 0.6) is 0 Å². The number of hydrogen-bond acceptors (Lipinski definition) is 1. The molecule has 0 fully saturated rings.